The Bertz CT molecular complexity index is 2950. The summed E-state index contributed by atoms with van der Waals surface area (Å²) >= 11 is 0. The molecule has 0 aliphatic heterocycles. The highest BCUT2D eigenvalue weighted by atomic mass is 16.3. The van der Waals surface area contributed by atoms with Crippen LogP contribution < -0.4 is 4.90 Å². The number of anilines is 3. The van der Waals surface area contributed by atoms with Crippen LogP contribution in [0.3, 0.4) is 0 Å². The Morgan fingerprint density at radius 2 is 0.807 bits per heavy atom. The molecule has 0 radical (unpaired) electrons. The van der Waals surface area contributed by atoms with Gasteiger partial charge in [-0.15, -0.1) is 0 Å². The first-order valence-corrected chi connectivity index (χ1v) is 19.6. The summed E-state index contributed by atoms with van der Waals surface area (Å²) in [5, 5.41) is 2.17. The third kappa shape index (κ3) is 5.18. The quantitative estimate of drug-likeness (QED) is 0.163. The van der Waals surface area contributed by atoms with Gasteiger partial charge in [-0.1, -0.05) is 188 Å². The summed E-state index contributed by atoms with van der Waals surface area (Å²) in [5.74, 6) is 0. The van der Waals surface area contributed by atoms with E-state index >= 15 is 0 Å². The molecule has 1 aliphatic rings. The third-order valence-corrected chi connectivity index (χ3v) is 11.7. The maximum absolute atomic E-state index is 7.42. The average Bonchev–Trinajstić information content (AvgIpc) is 3.83. The van der Waals surface area contributed by atoms with Gasteiger partial charge in [0.25, 0.3) is 0 Å². The van der Waals surface area contributed by atoms with Gasteiger partial charge in [-0.05, 0) is 86.5 Å². The molecule has 0 unspecified atom stereocenters. The van der Waals surface area contributed by atoms with Crippen LogP contribution in [-0.2, 0) is 5.41 Å². The lowest BCUT2D eigenvalue weighted by atomic mass is 9.67. The lowest BCUT2D eigenvalue weighted by molar-refractivity contribution is 0.648. The van der Waals surface area contributed by atoms with Gasteiger partial charge < -0.3 is 9.32 Å². The fourth-order valence-corrected chi connectivity index (χ4v) is 9.30. The summed E-state index contributed by atoms with van der Waals surface area (Å²) in [6, 6.07) is 80.9. The molecular formula is C55H37NO. The van der Waals surface area contributed by atoms with Gasteiger partial charge in [-0.3, -0.25) is 0 Å². The van der Waals surface area contributed by atoms with Gasteiger partial charge in [-0.2, -0.15) is 0 Å². The predicted octanol–water partition coefficient (Wildman–Crippen LogP) is 14.8. The molecule has 0 saturated carbocycles. The molecule has 10 aromatic rings. The topological polar surface area (TPSA) is 16.4 Å². The smallest absolute Gasteiger partial charge is 0.159 e. The number of benzene rings is 9. The second kappa shape index (κ2) is 13.4. The van der Waals surface area contributed by atoms with Gasteiger partial charge in [0.1, 0.15) is 5.58 Å². The Morgan fingerprint density at radius 3 is 1.40 bits per heavy atom. The van der Waals surface area contributed by atoms with Crippen LogP contribution in [0.15, 0.2) is 229 Å². The van der Waals surface area contributed by atoms with Crippen molar-refractivity contribution in [1.29, 1.82) is 0 Å². The molecule has 1 aliphatic carbocycles. The monoisotopic (exact) mass is 727 g/mol. The lowest BCUT2D eigenvalue weighted by Crippen LogP contribution is -2.28. The van der Waals surface area contributed by atoms with Gasteiger partial charge in [0.2, 0.25) is 0 Å². The number of hydrogen-bond donors (Lipinski definition) is 0. The number of furan rings is 1. The second-order valence-corrected chi connectivity index (χ2v) is 14.8. The van der Waals surface area contributed by atoms with Crippen molar-refractivity contribution in [3.05, 3.63) is 247 Å². The molecular weight excluding hydrogens is 691 g/mol. The van der Waals surface area contributed by atoms with E-state index in [1.807, 2.05) is 0 Å². The van der Waals surface area contributed by atoms with Crippen molar-refractivity contribution in [2.45, 2.75) is 5.41 Å². The highest BCUT2D eigenvalue weighted by Gasteiger charge is 2.47. The summed E-state index contributed by atoms with van der Waals surface area (Å²) < 4.78 is 7.42. The molecule has 2 nitrogen and oxygen atoms in total. The molecule has 1 heterocycles. The van der Waals surface area contributed by atoms with Crippen molar-refractivity contribution in [2.75, 3.05) is 4.90 Å². The Hall–Kier alpha value is -7.42. The molecule has 57 heavy (non-hydrogen) atoms. The molecule has 0 amide bonds. The minimum atomic E-state index is -0.588. The first-order chi connectivity index (χ1) is 28.3. The zero-order valence-electron chi connectivity index (χ0n) is 31.2. The molecule has 0 fully saturated rings. The van der Waals surface area contributed by atoms with E-state index in [-0.39, 0.29) is 0 Å². The van der Waals surface area contributed by atoms with E-state index in [1.54, 1.807) is 0 Å². The minimum Gasteiger partial charge on any atom is -0.453 e. The van der Waals surface area contributed by atoms with Crippen molar-refractivity contribution < 1.29 is 4.42 Å². The average molecular weight is 728 g/mol. The third-order valence-electron chi connectivity index (χ3n) is 11.7. The normalized spacial score (nSPS) is 12.7. The van der Waals surface area contributed by atoms with E-state index in [0.717, 1.165) is 55.7 Å². The standard InChI is InChI=1S/C55H37NO/c1-5-19-38(20-6-1)40-35-41(39-21-7-2-8-22-39)37-44(36-40)56(43-25-11-4-12-26-43)52-34-18-30-48-47-29-17-33-51(53(47)57-54(48)52)55(42-23-9-3-10-24-42)49-31-15-13-27-45(49)46-28-14-16-32-50(46)55/h1-37H. The molecule has 0 spiro atoms. The summed E-state index contributed by atoms with van der Waals surface area (Å²) in [5.41, 5.74) is 16.3. The first kappa shape index (κ1) is 33.0. The van der Waals surface area contributed by atoms with Crippen LogP contribution in [0.4, 0.5) is 17.1 Å². The first-order valence-electron chi connectivity index (χ1n) is 19.6. The predicted molar refractivity (Wildman–Crippen MR) is 237 cm³/mol. The van der Waals surface area contributed by atoms with Gasteiger partial charge in [0.15, 0.2) is 5.58 Å². The van der Waals surface area contributed by atoms with Crippen LogP contribution in [0.1, 0.15) is 22.3 Å². The minimum absolute atomic E-state index is 0.588. The maximum atomic E-state index is 7.42. The zero-order chi connectivity index (χ0) is 37.8. The maximum Gasteiger partial charge on any atom is 0.159 e. The summed E-state index contributed by atoms with van der Waals surface area (Å²) in [4.78, 5) is 2.36. The Labute approximate surface area is 332 Å². The molecule has 0 N–H and O–H groups in total. The van der Waals surface area contributed by atoms with Crippen molar-refractivity contribution in [3.63, 3.8) is 0 Å². The number of fused-ring (bicyclic) bond motifs is 6. The van der Waals surface area contributed by atoms with Crippen LogP contribution in [0.25, 0.3) is 55.3 Å². The molecule has 9 aromatic carbocycles. The number of hydrogen-bond acceptors (Lipinski definition) is 2. The van der Waals surface area contributed by atoms with Gasteiger partial charge in [0.05, 0.1) is 11.1 Å². The van der Waals surface area contributed by atoms with E-state index in [9.17, 15) is 0 Å². The van der Waals surface area contributed by atoms with E-state index in [2.05, 4.69) is 229 Å². The van der Waals surface area contributed by atoms with Gasteiger partial charge in [-0.25, -0.2) is 0 Å². The summed E-state index contributed by atoms with van der Waals surface area (Å²) in [6.07, 6.45) is 0. The molecule has 0 atom stereocenters. The fraction of sp³-hybridized carbons (Fsp3) is 0.0182. The van der Waals surface area contributed by atoms with E-state index in [0.29, 0.717) is 0 Å². The number of rotatable bonds is 7. The van der Waals surface area contributed by atoms with Crippen molar-refractivity contribution >= 4 is 39.0 Å². The molecule has 1 aromatic heterocycles. The van der Waals surface area contributed by atoms with Crippen LogP contribution in [0.2, 0.25) is 0 Å². The van der Waals surface area contributed by atoms with E-state index in [1.165, 1.54) is 38.9 Å². The van der Waals surface area contributed by atoms with Crippen LogP contribution in [0, 0.1) is 0 Å². The van der Waals surface area contributed by atoms with Gasteiger partial charge in [0, 0.05) is 27.7 Å². The van der Waals surface area contributed by atoms with E-state index < -0.39 is 5.41 Å². The molecule has 268 valence electrons. The largest absolute Gasteiger partial charge is 0.453 e. The number of nitrogens with zero attached hydrogens (tertiary/aromatic N) is 1. The van der Waals surface area contributed by atoms with Gasteiger partial charge >= 0.3 is 0 Å². The highest BCUT2D eigenvalue weighted by Crippen LogP contribution is 2.58. The molecule has 0 saturated heterocycles. The highest BCUT2D eigenvalue weighted by molar-refractivity contribution is 6.12. The SMILES string of the molecule is c1ccc(-c2cc(-c3ccccc3)cc(N(c3ccccc3)c3cccc4c3oc3c(C5(c6ccccc6)c6ccccc6-c6ccccc65)cccc34)c2)cc1. The number of para-hydroxylation sites is 3. The van der Waals surface area contributed by atoms with Crippen molar-refractivity contribution in [3.8, 4) is 33.4 Å². The Morgan fingerprint density at radius 1 is 0.333 bits per heavy atom. The van der Waals surface area contributed by atoms with Crippen LogP contribution >= 0.6 is 0 Å². The Kier molecular flexibility index (Phi) is 7.75. The second-order valence-electron chi connectivity index (χ2n) is 14.8. The molecule has 0 bridgehead atoms. The van der Waals surface area contributed by atoms with Crippen LogP contribution in [0.5, 0.6) is 0 Å². The lowest BCUT2D eigenvalue weighted by Gasteiger charge is -2.33. The van der Waals surface area contributed by atoms with E-state index in [4.69, 9.17) is 4.42 Å². The Balaban J connectivity index is 1.20. The summed E-state index contributed by atoms with van der Waals surface area (Å²) in [7, 11) is 0. The molecule has 2 heteroatoms. The van der Waals surface area contributed by atoms with Crippen molar-refractivity contribution in [1.82, 2.24) is 0 Å². The molecule has 11 rings (SSSR count). The van der Waals surface area contributed by atoms with Crippen LogP contribution in [-0.4, -0.2) is 0 Å². The van der Waals surface area contributed by atoms with Crippen molar-refractivity contribution in [2.24, 2.45) is 0 Å². The summed E-state index contributed by atoms with van der Waals surface area (Å²) in [6.45, 7) is 0. The fourth-order valence-electron chi connectivity index (χ4n) is 9.30. The zero-order valence-corrected chi connectivity index (χ0v) is 31.2.